The van der Waals surface area contributed by atoms with Crippen molar-refractivity contribution in [3.63, 3.8) is 0 Å². The molecular formula is C9H7NO2S. The van der Waals surface area contributed by atoms with Crippen molar-refractivity contribution in [2.75, 3.05) is 6.26 Å². The van der Waals surface area contributed by atoms with E-state index in [1.54, 1.807) is 12.1 Å². The number of carbonyl (C=O) groups is 1. The van der Waals surface area contributed by atoms with E-state index in [0.29, 0.717) is 5.56 Å². The van der Waals surface area contributed by atoms with Crippen molar-refractivity contribution in [1.82, 2.24) is 0 Å². The van der Waals surface area contributed by atoms with Crippen LogP contribution in [0.4, 0.5) is 0 Å². The van der Waals surface area contributed by atoms with Gasteiger partial charge in [-0.1, -0.05) is 0 Å². The predicted octanol–water partition coefficient (Wildman–Crippen LogP) is 1.98. The molecule has 0 bridgehead atoms. The first-order valence-corrected chi connectivity index (χ1v) is 4.72. The first-order chi connectivity index (χ1) is 6.17. The molecule has 0 aliphatic rings. The summed E-state index contributed by atoms with van der Waals surface area (Å²) < 4.78 is 0. The Bertz CT molecular complexity index is 382. The third kappa shape index (κ3) is 2.23. The number of hydrogen-bond acceptors (Lipinski definition) is 3. The maximum Gasteiger partial charge on any atom is 0.335 e. The fourth-order valence-electron chi connectivity index (χ4n) is 0.905. The largest absolute Gasteiger partial charge is 0.478 e. The molecule has 3 nitrogen and oxygen atoms in total. The molecule has 0 amide bonds. The number of aromatic carboxylic acids is 1. The third-order valence-corrected chi connectivity index (χ3v) is 2.23. The number of nitriles is 1. The van der Waals surface area contributed by atoms with Gasteiger partial charge in [0.05, 0.1) is 17.2 Å². The monoisotopic (exact) mass is 193 g/mol. The number of rotatable bonds is 2. The SMILES string of the molecule is CSc1cc(C#N)cc(C(=O)O)c1. The Balaban J connectivity index is 3.24. The van der Waals surface area contributed by atoms with Gasteiger partial charge in [0.2, 0.25) is 0 Å². The average Bonchev–Trinajstić information content (AvgIpc) is 2.16. The number of hydrogen-bond donors (Lipinski definition) is 1. The highest BCUT2D eigenvalue weighted by atomic mass is 32.2. The van der Waals surface area contributed by atoms with E-state index in [1.807, 2.05) is 12.3 Å². The van der Waals surface area contributed by atoms with Gasteiger partial charge in [-0.15, -0.1) is 11.8 Å². The number of nitrogens with zero attached hydrogens (tertiary/aromatic N) is 1. The molecule has 13 heavy (non-hydrogen) atoms. The van der Waals surface area contributed by atoms with Crippen LogP contribution in [0.1, 0.15) is 15.9 Å². The van der Waals surface area contributed by atoms with Crippen molar-refractivity contribution >= 4 is 17.7 Å². The first-order valence-electron chi connectivity index (χ1n) is 3.50. The first kappa shape index (κ1) is 9.62. The van der Waals surface area contributed by atoms with E-state index in [-0.39, 0.29) is 5.56 Å². The highest BCUT2D eigenvalue weighted by Gasteiger charge is 2.05. The van der Waals surface area contributed by atoms with Crippen molar-refractivity contribution in [2.24, 2.45) is 0 Å². The zero-order valence-electron chi connectivity index (χ0n) is 6.94. The lowest BCUT2D eigenvalue weighted by atomic mass is 10.1. The summed E-state index contributed by atoms with van der Waals surface area (Å²) in [6.45, 7) is 0. The van der Waals surface area contributed by atoms with Crippen molar-refractivity contribution in [3.05, 3.63) is 29.3 Å². The van der Waals surface area contributed by atoms with E-state index < -0.39 is 5.97 Å². The summed E-state index contributed by atoms with van der Waals surface area (Å²) in [5.74, 6) is -1.01. The topological polar surface area (TPSA) is 61.1 Å². The molecule has 0 aromatic heterocycles. The van der Waals surface area contributed by atoms with E-state index in [4.69, 9.17) is 10.4 Å². The molecule has 66 valence electrons. The molecule has 0 saturated carbocycles. The molecule has 0 aliphatic heterocycles. The summed E-state index contributed by atoms with van der Waals surface area (Å²) in [7, 11) is 0. The van der Waals surface area contributed by atoms with Crippen LogP contribution >= 0.6 is 11.8 Å². The van der Waals surface area contributed by atoms with Gasteiger partial charge in [0.1, 0.15) is 0 Å². The molecule has 0 aliphatic carbocycles. The zero-order valence-corrected chi connectivity index (χ0v) is 7.76. The Kier molecular flexibility index (Phi) is 2.93. The Hall–Kier alpha value is -1.47. The normalized spacial score (nSPS) is 9.23. The Morgan fingerprint density at radius 2 is 2.23 bits per heavy atom. The van der Waals surface area contributed by atoms with Crippen LogP contribution in [0.3, 0.4) is 0 Å². The standard InChI is InChI=1S/C9H7NO2S/c1-13-8-3-6(5-10)2-7(4-8)9(11)12/h2-4H,1H3,(H,11,12). The minimum atomic E-state index is -1.01. The predicted molar refractivity (Wildman–Crippen MR) is 49.9 cm³/mol. The number of carboxylic acid groups (broad SMARTS) is 1. The Morgan fingerprint density at radius 1 is 1.54 bits per heavy atom. The van der Waals surface area contributed by atoms with Gasteiger partial charge in [-0.25, -0.2) is 4.79 Å². The molecule has 4 heteroatoms. The fraction of sp³-hybridized carbons (Fsp3) is 0.111. The molecule has 1 aromatic rings. The lowest BCUT2D eigenvalue weighted by molar-refractivity contribution is 0.0696. The smallest absolute Gasteiger partial charge is 0.335 e. The van der Waals surface area contributed by atoms with Gasteiger partial charge in [-0.2, -0.15) is 5.26 Å². The van der Waals surface area contributed by atoms with Crippen LogP contribution in [-0.2, 0) is 0 Å². The molecule has 0 heterocycles. The quantitative estimate of drug-likeness (QED) is 0.729. The van der Waals surface area contributed by atoms with Crippen LogP contribution in [0.5, 0.6) is 0 Å². The highest BCUT2D eigenvalue weighted by Crippen LogP contribution is 2.18. The van der Waals surface area contributed by atoms with Crippen LogP contribution in [0.2, 0.25) is 0 Å². The van der Waals surface area contributed by atoms with Crippen LogP contribution in [-0.4, -0.2) is 17.3 Å². The van der Waals surface area contributed by atoms with E-state index in [0.717, 1.165) is 4.90 Å². The molecule has 0 fully saturated rings. The summed E-state index contributed by atoms with van der Waals surface area (Å²) in [6, 6.07) is 6.50. The fourth-order valence-corrected chi connectivity index (χ4v) is 1.39. The molecule has 1 N–H and O–H groups in total. The Morgan fingerprint density at radius 3 is 2.69 bits per heavy atom. The van der Waals surface area contributed by atoms with Crippen LogP contribution in [0.15, 0.2) is 23.1 Å². The average molecular weight is 193 g/mol. The summed E-state index contributed by atoms with van der Waals surface area (Å²) in [5, 5.41) is 17.3. The van der Waals surface area contributed by atoms with Crippen LogP contribution in [0.25, 0.3) is 0 Å². The number of benzene rings is 1. The van der Waals surface area contributed by atoms with Crippen molar-refractivity contribution in [1.29, 1.82) is 5.26 Å². The summed E-state index contributed by atoms with van der Waals surface area (Å²) >= 11 is 1.42. The van der Waals surface area contributed by atoms with Gasteiger partial charge < -0.3 is 5.11 Å². The van der Waals surface area contributed by atoms with E-state index >= 15 is 0 Å². The van der Waals surface area contributed by atoms with Crippen molar-refractivity contribution < 1.29 is 9.90 Å². The van der Waals surface area contributed by atoms with E-state index in [2.05, 4.69) is 0 Å². The highest BCUT2D eigenvalue weighted by molar-refractivity contribution is 7.98. The van der Waals surface area contributed by atoms with Crippen molar-refractivity contribution in [3.8, 4) is 6.07 Å². The summed E-state index contributed by atoms with van der Waals surface area (Å²) in [6.07, 6.45) is 1.84. The summed E-state index contributed by atoms with van der Waals surface area (Å²) in [5.41, 5.74) is 0.535. The minimum absolute atomic E-state index is 0.156. The second-order valence-corrected chi connectivity index (χ2v) is 3.25. The van der Waals surface area contributed by atoms with Crippen LogP contribution < -0.4 is 0 Å². The van der Waals surface area contributed by atoms with Gasteiger partial charge >= 0.3 is 5.97 Å². The summed E-state index contributed by atoms with van der Waals surface area (Å²) in [4.78, 5) is 11.4. The lowest BCUT2D eigenvalue weighted by Crippen LogP contribution is -1.96. The molecule has 1 aromatic carbocycles. The lowest BCUT2D eigenvalue weighted by Gasteiger charge is -1.99. The maximum absolute atomic E-state index is 10.6. The molecule has 0 unspecified atom stereocenters. The van der Waals surface area contributed by atoms with Gasteiger partial charge in [0, 0.05) is 4.90 Å². The second kappa shape index (κ2) is 3.97. The third-order valence-electron chi connectivity index (χ3n) is 1.52. The molecular weight excluding hydrogens is 186 g/mol. The number of thioether (sulfide) groups is 1. The molecule has 0 spiro atoms. The maximum atomic E-state index is 10.6. The Labute approximate surface area is 80.0 Å². The minimum Gasteiger partial charge on any atom is -0.478 e. The van der Waals surface area contributed by atoms with Gasteiger partial charge in [-0.05, 0) is 24.5 Å². The van der Waals surface area contributed by atoms with E-state index in [1.165, 1.54) is 17.8 Å². The van der Waals surface area contributed by atoms with Crippen molar-refractivity contribution in [2.45, 2.75) is 4.90 Å². The van der Waals surface area contributed by atoms with E-state index in [9.17, 15) is 4.79 Å². The molecule has 0 atom stereocenters. The van der Waals surface area contributed by atoms with Crippen LogP contribution in [0, 0.1) is 11.3 Å². The molecule has 1 rings (SSSR count). The van der Waals surface area contributed by atoms with Gasteiger partial charge in [0.25, 0.3) is 0 Å². The second-order valence-electron chi connectivity index (χ2n) is 2.37. The molecule has 0 radical (unpaired) electrons. The zero-order chi connectivity index (χ0) is 9.84. The number of carboxylic acids is 1. The van der Waals surface area contributed by atoms with Gasteiger partial charge in [-0.3, -0.25) is 0 Å². The molecule has 0 saturated heterocycles. The van der Waals surface area contributed by atoms with Gasteiger partial charge in [0.15, 0.2) is 0 Å².